The Morgan fingerprint density at radius 3 is 2.33 bits per heavy atom. The summed E-state index contributed by atoms with van der Waals surface area (Å²) < 4.78 is 33.0. The van der Waals surface area contributed by atoms with E-state index in [-0.39, 0.29) is 23.0 Å². The Labute approximate surface area is 198 Å². The van der Waals surface area contributed by atoms with Crippen molar-refractivity contribution in [2.45, 2.75) is 44.3 Å². The highest BCUT2D eigenvalue weighted by Gasteiger charge is 2.32. The first-order valence-electron chi connectivity index (χ1n) is 10.9. The lowest BCUT2D eigenvalue weighted by atomic mass is 10.1. The van der Waals surface area contributed by atoms with Gasteiger partial charge in [-0.2, -0.15) is 4.31 Å². The van der Waals surface area contributed by atoms with E-state index in [2.05, 4.69) is 29.4 Å². The average molecular weight is 486 g/mol. The van der Waals surface area contributed by atoms with Crippen LogP contribution in [0.5, 0.6) is 0 Å². The fourth-order valence-electron chi connectivity index (χ4n) is 3.80. The van der Waals surface area contributed by atoms with Crippen LogP contribution in [-0.2, 0) is 21.2 Å². The van der Waals surface area contributed by atoms with Gasteiger partial charge in [0.25, 0.3) is 5.91 Å². The van der Waals surface area contributed by atoms with Crippen molar-refractivity contribution in [3.05, 3.63) is 65.0 Å². The van der Waals surface area contributed by atoms with Crippen molar-refractivity contribution < 1.29 is 17.9 Å². The average Bonchev–Trinajstić information content (AvgIpc) is 3.27. The smallest absolute Gasteiger partial charge is 0.257 e. The number of hydrogen-bond acceptors (Lipinski definition) is 6. The number of amides is 1. The summed E-state index contributed by atoms with van der Waals surface area (Å²) in [5, 5.41) is 5.18. The number of ether oxygens (including phenoxy) is 1. The van der Waals surface area contributed by atoms with Gasteiger partial charge in [-0.25, -0.2) is 13.4 Å². The summed E-state index contributed by atoms with van der Waals surface area (Å²) in [6.45, 7) is 6.44. The third kappa shape index (κ3) is 5.33. The SMILES string of the molecule is CCc1ccc(-c2csc(NC(=O)c3ccc(S(=O)(=O)N4CC(C)OC(C)C4)cc3)n2)cc1. The van der Waals surface area contributed by atoms with Crippen LogP contribution in [0.4, 0.5) is 5.13 Å². The number of nitrogens with one attached hydrogen (secondary N) is 1. The summed E-state index contributed by atoms with van der Waals surface area (Å²) in [4.78, 5) is 17.3. The van der Waals surface area contributed by atoms with Gasteiger partial charge in [0, 0.05) is 29.6 Å². The van der Waals surface area contributed by atoms with Gasteiger partial charge in [-0.1, -0.05) is 31.2 Å². The van der Waals surface area contributed by atoms with Gasteiger partial charge in [-0.15, -0.1) is 11.3 Å². The van der Waals surface area contributed by atoms with Crippen molar-refractivity contribution in [2.75, 3.05) is 18.4 Å². The van der Waals surface area contributed by atoms with Crippen LogP contribution in [0, 0.1) is 0 Å². The lowest BCUT2D eigenvalue weighted by Crippen LogP contribution is -2.48. The minimum atomic E-state index is -3.65. The Morgan fingerprint density at radius 2 is 1.73 bits per heavy atom. The van der Waals surface area contributed by atoms with E-state index in [0.717, 1.165) is 17.7 Å². The van der Waals surface area contributed by atoms with Crippen LogP contribution >= 0.6 is 11.3 Å². The van der Waals surface area contributed by atoms with Crippen LogP contribution < -0.4 is 5.32 Å². The maximum Gasteiger partial charge on any atom is 0.257 e. The summed E-state index contributed by atoms with van der Waals surface area (Å²) >= 11 is 1.35. The fourth-order valence-corrected chi connectivity index (χ4v) is 6.10. The van der Waals surface area contributed by atoms with E-state index in [4.69, 9.17) is 4.74 Å². The molecule has 2 aromatic carbocycles. The van der Waals surface area contributed by atoms with Gasteiger partial charge < -0.3 is 4.74 Å². The van der Waals surface area contributed by atoms with Gasteiger partial charge in [-0.3, -0.25) is 10.1 Å². The monoisotopic (exact) mass is 485 g/mol. The second kappa shape index (κ2) is 9.72. The second-order valence-corrected chi connectivity index (χ2v) is 10.9. The van der Waals surface area contributed by atoms with Gasteiger partial charge in [0.15, 0.2) is 5.13 Å². The molecule has 1 aromatic heterocycles. The van der Waals surface area contributed by atoms with Crippen LogP contribution in [0.15, 0.2) is 58.8 Å². The highest BCUT2D eigenvalue weighted by atomic mass is 32.2. The number of rotatable bonds is 6. The highest BCUT2D eigenvalue weighted by Crippen LogP contribution is 2.26. The van der Waals surface area contributed by atoms with Crippen molar-refractivity contribution in [3.8, 4) is 11.3 Å². The Balaban J connectivity index is 1.44. The lowest BCUT2D eigenvalue weighted by molar-refractivity contribution is -0.0440. The topological polar surface area (TPSA) is 88.6 Å². The molecule has 174 valence electrons. The summed E-state index contributed by atoms with van der Waals surface area (Å²) in [5.41, 5.74) is 3.41. The molecule has 2 heterocycles. The Kier molecular flexibility index (Phi) is 6.94. The van der Waals surface area contributed by atoms with Crippen molar-refractivity contribution in [2.24, 2.45) is 0 Å². The van der Waals surface area contributed by atoms with Gasteiger partial charge in [0.2, 0.25) is 10.0 Å². The molecule has 2 atom stereocenters. The van der Waals surface area contributed by atoms with Crippen molar-refractivity contribution in [1.29, 1.82) is 0 Å². The van der Waals surface area contributed by atoms with E-state index in [1.165, 1.54) is 45.5 Å². The second-order valence-electron chi connectivity index (χ2n) is 8.15. The third-order valence-corrected chi connectivity index (χ3v) is 8.13. The molecule has 2 unspecified atom stereocenters. The first-order valence-corrected chi connectivity index (χ1v) is 13.2. The number of anilines is 1. The zero-order chi connectivity index (χ0) is 23.6. The van der Waals surface area contributed by atoms with Crippen LogP contribution in [0.1, 0.15) is 36.7 Å². The number of carbonyl (C=O) groups excluding carboxylic acids is 1. The van der Waals surface area contributed by atoms with Crippen molar-refractivity contribution >= 4 is 32.4 Å². The molecular weight excluding hydrogens is 458 g/mol. The van der Waals surface area contributed by atoms with E-state index in [0.29, 0.717) is 23.8 Å². The molecule has 1 N–H and O–H groups in total. The molecule has 0 aliphatic carbocycles. The van der Waals surface area contributed by atoms with Gasteiger partial charge in [-0.05, 0) is 50.1 Å². The highest BCUT2D eigenvalue weighted by molar-refractivity contribution is 7.89. The maximum absolute atomic E-state index is 13.0. The number of sulfonamides is 1. The molecule has 0 radical (unpaired) electrons. The molecule has 4 rings (SSSR count). The molecule has 9 heteroatoms. The summed E-state index contributed by atoms with van der Waals surface area (Å²) in [5.74, 6) is -0.338. The molecule has 3 aromatic rings. The molecule has 1 aliphatic heterocycles. The van der Waals surface area contributed by atoms with E-state index < -0.39 is 10.0 Å². The van der Waals surface area contributed by atoms with Gasteiger partial charge in [0.1, 0.15) is 0 Å². The number of carbonyl (C=O) groups is 1. The van der Waals surface area contributed by atoms with Crippen LogP contribution in [0.2, 0.25) is 0 Å². The Morgan fingerprint density at radius 1 is 1.09 bits per heavy atom. The predicted octanol–water partition coefficient (Wildman–Crippen LogP) is 4.42. The molecule has 1 aliphatic rings. The summed E-state index contributed by atoms with van der Waals surface area (Å²) in [6.07, 6.45) is 0.645. The predicted molar refractivity (Wildman–Crippen MR) is 130 cm³/mol. The molecule has 0 saturated carbocycles. The van der Waals surface area contributed by atoms with Gasteiger partial charge in [0.05, 0.1) is 22.8 Å². The quantitative estimate of drug-likeness (QED) is 0.558. The summed E-state index contributed by atoms with van der Waals surface area (Å²) in [7, 11) is -3.65. The van der Waals surface area contributed by atoms with Crippen molar-refractivity contribution in [3.63, 3.8) is 0 Å². The number of morpholine rings is 1. The van der Waals surface area contributed by atoms with Gasteiger partial charge >= 0.3 is 0 Å². The Hall–Kier alpha value is -2.59. The van der Waals surface area contributed by atoms with Crippen LogP contribution in [-0.4, -0.2) is 48.9 Å². The molecule has 33 heavy (non-hydrogen) atoms. The third-order valence-electron chi connectivity index (χ3n) is 5.52. The number of aromatic nitrogens is 1. The minimum absolute atomic E-state index is 0.160. The van der Waals surface area contributed by atoms with Crippen molar-refractivity contribution in [1.82, 2.24) is 9.29 Å². The zero-order valence-electron chi connectivity index (χ0n) is 18.8. The molecule has 7 nitrogen and oxygen atoms in total. The van der Waals surface area contributed by atoms with Crippen LogP contribution in [0.3, 0.4) is 0 Å². The molecule has 1 fully saturated rings. The van der Waals surface area contributed by atoms with E-state index in [1.54, 1.807) is 0 Å². The van der Waals surface area contributed by atoms with E-state index in [9.17, 15) is 13.2 Å². The Bertz CT molecular complexity index is 1210. The lowest BCUT2D eigenvalue weighted by Gasteiger charge is -2.34. The molecular formula is C24H27N3O4S2. The zero-order valence-corrected chi connectivity index (χ0v) is 20.4. The minimum Gasteiger partial charge on any atom is -0.373 e. The standard InChI is InChI=1S/C24H27N3O4S2/c1-4-18-5-7-19(8-6-18)22-15-32-24(25-22)26-23(28)20-9-11-21(12-10-20)33(29,30)27-13-16(2)31-17(3)14-27/h5-12,15-17H,4,13-14H2,1-3H3,(H,25,26,28). The largest absolute Gasteiger partial charge is 0.373 e. The molecule has 1 amide bonds. The number of thiazole rings is 1. The first kappa shape index (κ1) is 23.6. The number of aryl methyl sites for hydroxylation is 1. The number of benzene rings is 2. The molecule has 0 spiro atoms. The number of hydrogen-bond donors (Lipinski definition) is 1. The number of nitrogens with zero attached hydrogens (tertiary/aromatic N) is 2. The summed E-state index contributed by atoms with van der Waals surface area (Å²) in [6, 6.07) is 14.2. The van der Waals surface area contributed by atoms with Crippen LogP contribution in [0.25, 0.3) is 11.3 Å². The van der Waals surface area contributed by atoms with E-state index in [1.807, 2.05) is 31.4 Å². The maximum atomic E-state index is 13.0. The molecule has 1 saturated heterocycles. The normalized spacial score (nSPS) is 19.4. The first-order chi connectivity index (χ1) is 15.8. The fraction of sp³-hybridized carbons (Fsp3) is 0.333. The molecule has 0 bridgehead atoms. The van der Waals surface area contributed by atoms with E-state index >= 15 is 0 Å².